The fourth-order valence-corrected chi connectivity index (χ4v) is 2.11. The molecule has 1 fully saturated rings. The maximum Gasteiger partial charge on any atom is 0.251 e. The molecule has 0 spiro atoms. The van der Waals surface area contributed by atoms with Crippen LogP contribution >= 0.6 is 11.8 Å². The Hall–Kier alpha value is -0.840. The van der Waals surface area contributed by atoms with E-state index < -0.39 is 5.92 Å². The van der Waals surface area contributed by atoms with Gasteiger partial charge in [0.1, 0.15) is 5.82 Å². The van der Waals surface area contributed by atoms with Gasteiger partial charge in [0.2, 0.25) is 0 Å². The molecule has 0 aromatic carbocycles. The van der Waals surface area contributed by atoms with Gasteiger partial charge in [-0.05, 0) is 18.4 Å². The van der Waals surface area contributed by atoms with Gasteiger partial charge in [0.25, 0.3) is 5.92 Å². The first-order chi connectivity index (χ1) is 7.61. The Morgan fingerprint density at radius 1 is 1.31 bits per heavy atom. The standard InChI is InChI=1S/C11H14F2N2S/c1-16-9-2-3-10(14-8-9)15-6-4-11(12,13)5-7-15/h2-3,8H,4-7H2,1H3. The second-order valence-electron chi connectivity index (χ2n) is 3.90. The Morgan fingerprint density at radius 2 is 2.00 bits per heavy atom. The fourth-order valence-electron chi connectivity index (χ4n) is 1.74. The van der Waals surface area contributed by atoms with Crippen molar-refractivity contribution in [3.05, 3.63) is 18.3 Å². The highest BCUT2D eigenvalue weighted by Gasteiger charge is 2.34. The number of nitrogens with zero attached hydrogens (tertiary/aromatic N) is 2. The van der Waals surface area contributed by atoms with Crippen LogP contribution in [-0.4, -0.2) is 30.3 Å². The van der Waals surface area contributed by atoms with Crippen molar-refractivity contribution in [3.8, 4) is 0 Å². The molecule has 0 aliphatic carbocycles. The minimum Gasteiger partial charge on any atom is -0.356 e. The van der Waals surface area contributed by atoms with E-state index in [0.717, 1.165) is 10.7 Å². The molecule has 2 heterocycles. The first-order valence-electron chi connectivity index (χ1n) is 5.23. The number of rotatable bonds is 2. The first-order valence-corrected chi connectivity index (χ1v) is 6.46. The Kier molecular flexibility index (Phi) is 3.33. The minimum absolute atomic E-state index is 0.0705. The van der Waals surface area contributed by atoms with Crippen molar-refractivity contribution in [2.45, 2.75) is 23.7 Å². The first kappa shape index (κ1) is 11.6. The molecule has 1 aliphatic heterocycles. The maximum absolute atomic E-state index is 13.0. The summed E-state index contributed by atoms with van der Waals surface area (Å²) in [5, 5.41) is 0. The zero-order valence-electron chi connectivity index (χ0n) is 9.12. The van der Waals surface area contributed by atoms with Crippen molar-refractivity contribution in [2.24, 2.45) is 0 Å². The Balaban J connectivity index is 2.03. The van der Waals surface area contributed by atoms with Crippen LogP contribution in [0.15, 0.2) is 23.2 Å². The molecular formula is C11H14F2N2S. The highest BCUT2D eigenvalue weighted by molar-refractivity contribution is 7.98. The lowest BCUT2D eigenvalue weighted by Crippen LogP contribution is -2.39. The molecule has 0 N–H and O–H groups in total. The van der Waals surface area contributed by atoms with E-state index in [1.807, 2.05) is 23.3 Å². The van der Waals surface area contributed by atoms with E-state index in [1.54, 1.807) is 18.0 Å². The monoisotopic (exact) mass is 244 g/mol. The number of alkyl halides is 2. The largest absolute Gasteiger partial charge is 0.356 e. The molecule has 0 saturated carbocycles. The predicted octanol–water partition coefficient (Wildman–Crippen LogP) is 3.04. The summed E-state index contributed by atoms with van der Waals surface area (Å²) in [6.07, 6.45) is 3.63. The molecular weight excluding hydrogens is 230 g/mol. The van der Waals surface area contributed by atoms with E-state index in [9.17, 15) is 8.78 Å². The highest BCUT2D eigenvalue weighted by Crippen LogP contribution is 2.29. The molecule has 0 unspecified atom stereocenters. The number of anilines is 1. The van der Waals surface area contributed by atoms with Crippen LogP contribution in [0.4, 0.5) is 14.6 Å². The van der Waals surface area contributed by atoms with Gasteiger partial charge in [0.05, 0.1) is 0 Å². The van der Waals surface area contributed by atoms with Gasteiger partial charge in [-0.3, -0.25) is 0 Å². The summed E-state index contributed by atoms with van der Waals surface area (Å²) in [6.45, 7) is 0.775. The van der Waals surface area contributed by atoms with Crippen molar-refractivity contribution in [1.29, 1.82) is 0 Å². The van der Waals surface area contributed by atoms with Crippen LogP contribution < -0.4 is 4.90 Å². The van der Waals surface area contributed by atoms with Gasteiger partial charge in [0, 0.05) is 37.0 Å². The van der Waals surface area contributed by atoms with Gasteiger partial charge in [-0.25, -0.2) is 13.8 Å². The average molecular weight is 244 g/mol. The number of hydrogen-bond donors (Lipinski definition) is 0. The normalized spacial score (nSPS) is 19.8. The number of halogens is 2. The molecule has 1 aromatic heterocycles. The third-order valence-corrected chi connectivity index (χ3v) is 3.49. The lowest BCUT2D eigenvalue weighted by atomic mass is 10.1. The second-order valence-corrected chi connectivity index (χ2v) is 4.78. The van der Waals surface area contributed by atoms with Gasteiger partial charge in [-0.15, -0.1) is 11.8 Å². The molecule has 0 bridgehead atoms. The number of piperidine rings is 1. The van der Waals surface area contributed by atoms with Gasteiger partial charge in [-0.1, -0.05) is 0 Å². The SMILES string of the molecule is CSc1ccc(N2CCC(F)(F)CC2)nc1. The molecule has 2 nitrogen and oxygen atoms in total. The minimum atomic E-state index is -2.49. The summed E-state index contributed by atoms with van der Waals surface area (Å²) in [6, 6.07) is 3.87. The van der Waals surface area contributed by atoms with E-state index in [4.69, 9.17) is 0 Å². The Labute approximate surface area is 98.0 Å². The van der Waals surface area contributed by atoms with Crippen molar-refractivity contribution < 1.29 is 8.78 Å². The summed E-state index contributed by atoms with van der Waals surface area (Å²) in [5.74, 6) is -1.69. The predicted molar refractivity (Wildman–Crippen MR) is 62.4 cm³/mol. The van der Waals surface area contributed by atoms with Crippen molar-refractivity contribution >= 4 is 17.6 Å². The average Bonchev–Trinajstić information content (AvgIpc) is 2.29. The van der Waals surface area contributed by atoms with Crippen molar-refractivity contribution in [2.75, 3.05) is 24.2 Å². The van der Waals surface area contributed by atoms with Gasteiger partial charge in [-0.2, -0.15) is 0 Å². The summed E-state index contributed by atoms with van der Waals surface area (Å²) in [7, 11) is 0. The third kappa shape index (κ3) is 2.64. The molecule has 16 heavy (non-hydrogen) atoms. The lowest BCUT2D eigenvalue weighted by molar-refractivity contribution is -0.0221. The highest BCUT2D eigenvalue weighted by atomic mass is 32.2. The molecule has 0 radical (unpaired) electrons. The Bertz CT molecular complexity index is 344. The quantitative estimate of drug-likeness (QED) is 0.744. The second kappa shape index (κ2) is 4.57. The molecule has 2 rings (SSSR count). The molecule has 5 heteroatoms. The van der Waals surface area contributed by atoms with Crippen LogP contribution in [0.25, 0.3) is 0 Å². The molecule has 0 atom stereocenters. The lowest BCUT2D eigenvalue weighted by Gasteiger charge is -2.32. The molecule has 1 aliphatic rings. The van der Waals surface area contributed by atoms with Gasteiger partial charge >= 0.3 is 0 Å². The van der Waals surface area contributed by atoms with E-state index in [0.29, 0.717) is 13.1 Å². The smallest absolute Gasteiger partial charge is 0.251 e. The summed E-state index contributed by atoms with van der Waals surface area (Å²) in [4.78, 5) is 7.29. The van der Waals surface area contributed by atoms with Crippen LogP contribution in [0.5, 0.6) is 0 Å². The van der Waals surface area contributed by atoms with Gasteiger partial charge in [0.15, 0.2) is 0 Å². The molecule has 1 saturated heterocycles. The van der Waals surface area contributed by atoms with Crippen LogP contribution in [-0.2, 0) is 0 Å². The van der Waals surface area contributed by atoms with E-state index >= 15 is 0 Å². The third-order valence-electron chi connectivity index (χ3n) is 2.78. The van der Waals surface area contributed by atoms with E-state index in [-0.39, 0.29) is 12.8 Å². The van der Waals surface area contributed by atoms with E-state index in [2.05, 4.69) is 4.98 Å². The zero-order chi connectivity index (χ0) is 11.6. The van der Waals surface area contributed by atoms with Crippen LogP contribution in [0.1, 0.15) is 12.8 Å². The van der Waals surface area contributed by atoms with Crippen molar-refractivity contribution in [3.63, 3.8) is 0 Å². The number of hydrogen-bond acceptors (Lipinski definition) is 3. The van der Waals surface area contributed by atoms with Crippen LogP contribution in [0.3, 0.4) is 0 Å². The topological polar surface area (TPSA) is 16.1 Å². The number of aromatic nitrogens is 1. The Morgan fingerprint density at radius 3 is 2.50 bits per heavy atom. The summed E-state index contributed by atoms with van der Waals surface area (Å²) in [5.41, 5.74) is 0. The van der Waals surface area contributed by atoms with Crippen LogP contribution in [0.2, 0.25) is 0 Å². The maximum atomic E-state index is 13.0. The number of pyridine rings is 1. The zero-order valence-corrected chi connectivity index (χ0v) is 9.94. The van der Waals surface area contributed by atoms with Gasteiger partial charge < -0.3 is 4.90 Å². The number of thioether (sulfide) groups is 1. The molecule has 0 amide bonds. The molecule has 1 aromatic rings. The summed E-state index contributed by atoms with van der Waals surface area (Å²) >= 11 is 1.62. The fraction of sp³-hybridized carbons (Fsp3) is 0.545. The van der Waals surface area contributed by atoms with Crippen molar-refractivity contribution in [1.82, 2.24) is 4.98 Å². The van der Waals surface area contributed by atoms with E-state index in [1.165, 1.54) is 0 Å². The molecule has 88 valence electrons. The van der Waals surface area contributed by atoms with Crippen LogP contribution in [0, 0.1) is 0 Å². The summed E-state index contributed by atoms with van der Waals surface area (Å²) < 4.78 is 25.9.